The predicted molar refractivity (Wildman–Crippen MR) is 109 cm³/mol. The molecule has 154 valence electrons. The molecule has 9 heteroatoms. The fraction of sp³-hybridized carbons (Fsp3) is 0.550. The summed E-state index contributed by atoms with van der Waals surface area (Å²) >= 11 is 8.07. The molecule has 0 radical (unpaired) electrons. The fourth-order valence-electron chi connectivity index (χ4n) is 4.39. The standard InChI is InChI=1S/C20H23ClN4O3S/c1-2-15-22-19-25(23-15)18(26)17(29-19)16(13-5-3-4-6-14(13)21)24-9-7-20(8-10-24)27-11-12-28-20/h3-6,16-17H,2,7-12H2,1H3. The van der Waals surface area contributed by atoms with Crippen LogP contribution in [-0.4, -0.2) is 62.9 Å². The van der Waals surface area contributed by atoms with Gasteiger partial charge in [0.25, 0.3) is 5.91 Å². The Balaban J connectivity index is 1.45. The van der Waals surface area contributed by atoms with Gasteiger partial charge in [0.1, 0.15) is 5.25 Å². The molecule has 0 bridgehead atoms. The quantitative estimate of drug-likeness (QED) is 0.731. The van der Waals surface area contributed by atoms with Gasteiger partial charge < -0.3 is 9.47 Å². The van der Waals surface area contributed by atoms with E-state index in [0.717, 1.165) is 31.5 Å². The Kier molecular flexibility index (Phi) is 5.16. The van der Waals surface area contributed by atoms with Crippen LogP contribution in [0.25, 0.3) is 0 Å². The number of thioether (sulfide) groups is 1. The predicted octanol–water partition coefficient (Wildman–Crippen LogP) is 3.19. The van der Waals surface area contributed by atoms with E-state index >= 15 is 0 Å². The molecule has 4 heterocycles. The first-order chi connectivity index (χ1) is 14.1. The molecular weight excluding hydrogens is 412 g/mol. The minimum absolute atomic E-state index is 0.0317. The van der Waals surface area contributed by atoms with Crippen molar-refractivity contribution in [2.75, 3.05) is 26.3 Å². The van der Waals surface area contributed by atoms with Crippen LogP contribution < -0.4 is 0 Å². The first-order valence-electron chi connectivity index (χ1n) is 10.0. The number of likely N-dealkylation sites (tertiary alicyclic amines) is 1. The minimum atomic E-state index is -0.460. The second-order valence-electron chi connectivity index (χ2n) is 7.56. The van der Waals surface area contributed by atoms with E-state index in [9.17, 15) is 4.79 Å². The summed E-state index contributed by atoms with van der Waals surface area (Å²) in [6, 6.07) is 7.62. The second-order valence-corrected chi connectivity index (χ2v) is 9.08. The molecule has 0 saturated carbocycles. The summed E-state index contributed by atoms with van der Waals surface area (Å²) in [7, 11) is 0. The average Bonchev–Trinajstić information content (AvgIpc) is 3.43. The molecular formula is C20H23ClN4O3S. The lowest BCUT2D eigenvalue weighted by Gasteiger charge is -2.42. The third-order valence-corrected chi connectivity index (χ3v) is 7.43. The molecule has 2 saturated heterocycles. The molecule has 1 aromatic carbocycles. The Morgan fingerprint density at radius 2 is 2.00 bits per heavy atom. The Labute approximate surface area is 178 Å². The van der Waals surface area contributed by atoms with E-state index in [1.165, 1.54) is 16.4 Å². The highest BCUT2D eigenvalue weighted by molar-refractivity contribution is 8.00. The van der Waals surface area contributed by atoms with E-state index in [1.54, 1.807) is 0 Å². The summed E-state index contributed by atoms with van der Waals surface area (Å²) in [5.41, 5.74) is 0.964. The molecule has 3 aliphatic rings. The Morgan fingerprint density at radius 1 is 1.28 bits per heavy atom. The van der Waals surface area contributed by atoms with Crippen LogP contribution in [0.1, 0.15) is 42.0 Å². The van der Waals surface area contributed by atoms with Crippen molar-refractivity contribution in [1.82, 2.24) is 19.7 Å². The number of benzene rings is 1. The number of nitrogens with zero attached hydrogens (tertiary/aromatic N) is 4. The Morgan fingerprint density at radius 3 is 2.66 bits per heavy atom. The van der Waals surface area contributed by atoms with Crippen molar-refractivity contribution in [3.05, 3.63) is 40.7 Å². The number of hydrogen-bond acceptors (Lipinski definition) is 7. The van der Waals surface area contributed by atoms with E-state index in [0.29, 0.717) is 35.6 Å². The zero-order valence-corrected chi connectivity index (χ0v) is 17.8. The van der Waals surface area contributed by atoms with Gasteiger partial charge in [-0.15, -0.1) is 5.10 Å². The first-order valence-corrected chi connectivity index (χ1v) is 11.3. The number of hydrogen-bond donors (Lipinski definition) is 0. The third-order valence-electron chi connectivity index (χ3n) is 5.90. The van der Waals surface area contributed by atoms with E-state index in [2.05, 4.69) is 15.0 Å². The van der Waals surface area contributed by atoms with Crippen molar-refractivity contribution < 1.29 is 14.3 Å². The van der Waals surface area contributed by atoms with Gasteiger partial charge in [-0.3, -0.25) is 9.69 Å². The van der Waals surface area contributed by atoms with Gasteiger partial charge in [-0.1, -0.05) is 48.5 Å². The molecule has 5 rings (SSSR count). The fourth-order valence-corrected chi connectivity index (χ4v) is 5.90. The van der Waals surface area contributed by atoms with Crippen LogP contribution in [0.2, 0.25) is 5.02 Å². The summed E-state index contributed by atoms with van der Waals surface area (Å²) in [6.45, 7) is 4.84. The van der Waals surface area contributed by atoms with Gasteiger partial charge >= 0.3 is 0 Å². The van der Waals surface area contributed by atoms with Crippen molar-refractivity contribution in [3.63, 3.8) is 0 Å². The SMILES string of the molecule is CCc1nc2n(n1)C(=O)C(C(c1ccccc1Cl)N1CCC3(CC1)OCCO3)S2. The van der Waals surface area contributed by atoms with Crippen LogP contribution in [0.5, 0.6) is 0 Å². The number of aryl methyl sites for hydroxylation is 1. The molecule has 2 unspecified atom stereocenters. The number of rotatable bonds is 4. The van der Waals surface area contributed by atoms with Gasteiger partial charge in [0.05, 0.1) is 19.3 Å². The molecule has 1 aromatic heterocycles. The molecule has 2 atom stereocenters. The van der Waals surface area contributed by atoms with Crippen LogP contribution in [0.3, 0.4) is 0 Å². The van der Waals surface area contributed by atoms with E-state index in [1.807, 2.05) is 31.2 Å². The number of piperidine rings is 1. The largest absolute Gasteiger partial charge is 0.347 e. The zero-order valence-electron chi connectivity index (χ0n) is 16.2. The molecule has 0 N–H and O–H groups in total. The molecule has 2 aromatic rings. The van der Waals surface area contributed by atoms with E-state index in [4.69, 9.17) is 21.1 Å². The summed E-state index contributed by atoms with van der Waals surface area (Å²) in [5.74, 6) is 0.207. The van der Waals surface area contributed by atoms with Crippen molar-refractivity contribution >= 4 is 29.3 Å². The number of carbonyl (C=O) groups excluding carboxylic acids is 1. The van der Waals surface area contributed by atoms with Gasteiger partial charge in [-0.05, 0) is 11.6 Å². The molecule has 29 heavy (non-hydrogen) atoms. The topological polar surface area (TPSA) is 69.5 Å². The molecule has 1 spiro atoms. The highest BCUT2D eigenvalue weighted by Crippen LogP contribution is 2.44. The van der Waals surface area contributed by atoms with E-state index in [-0.39, 0.29) is 17.2 Å². The Hall–Kier alpha value is -1.45. The van der Waals surface area contributed by atoms with Crippen LogP contribution in [0, 0.1) is 0 Å². The molecule has 0 amide bonds. The van der Waals surface area contributed by atoms with Gasteiger partial charge in [0.15, 0.2) is 16.8 Å². The minimum Gasteiger partial charge on any atom is -0.347 e. The average molecular weight is 435 g/mol. The highest BCUT2D eigenvalue weighted by atomic mass is 35.5. The number of ether oxygens (including phenoxy) is 2. The summed E-state index contributed by atoms with van der Waals surface area (Å²) < 4.78 is 13.2. The van der Waals surface area contributed by atoms with Gasteiger partial charge in [-0.25, -0.2) is 4.98 Å². The number of aromatic nitrogens is 3. The molecule has 0 aliphatic carbocycles. The van der Waals surface area contributed by atoms with Gasteiger partial charge in [0, 0.05) is 37.4 Å². The van der Waals surface area contributed by atoms with E-state index < -0.39 is 5.79 Å². The molecule has 3 aliphatic heterocycles. The maximum absolute atomic E-state index is 13.3. The first kappa shape index (κ1) is 19.5. The number of halogens is 1. The van der Waals surface area contributed by atoms with Crippen LogP contribution in [0.4, 0.5) is 0 Å². The zero-order chi connectivity index (χ0) is 20.0. The Bertz CT molecular complexity index is 920. The summed E-state index contributed by atoms with van der Waals surface area (Å²) in [5, 5.41) is 5.39. The number of fused-ring (bicyclic) bond motifs is 1. The third kappa shape index (κ3) is 3.41. The lowest BCUT2D eigenvalue weighted by atomic mass is 9.95. The van der Waals surface area contributed by atoms with Crippen molar-refractivity contribution in [2.24, 2.45) is 0 Å². The highest BCUT2D eigenvalue weighted by Gasteiger charge is 2.47. The normalized spacial score (nSPS) is 24.9. The second kappa shape index (κ2) is 7.67. The molecule has 7 nitrogen and oxygen atoms in total. The summed E-state index contributed by atoms with van der Waals surface area (Å²) in [6.07, 6.45) is 2.27. The lowest BCUT2D eigenvalue weighted by Crippen LogP contribution is -2.49. The molecule has 2 fully saturated rings. The number of carbonyl (C=O) groups is 1. The maximum Gasteiger partial charge on any atom is 0.264 e. The van der Waals surface area contributed by atoms with Gasteiger partial charge in [-0.2, -0.15) is 4.68 Å². The lowest BCUT2D eigenvalue weighted by molar-refractivity contribution is -0.187. The van der Waals surface area contributed by atoms with Crippen molar-refractivity contribution in [1.29, 1.82) is 0 Å². The smallest absolute Gasteiger partial charge is 0.264 e. The van der Waals surface area contributed by atoms with Crippen molar-refractivity contribution in [2.45, 2.75) is 48.4 Å². The van der Waals surface area contributed by atoms with Crippen LogP contribution in [0.15, 0.2) is 29.4 Å². The van der Waals surface area contributed by atoms with Crippen LogP contribution in [-0.2, 0) is 15.9 Å². The van der Waals surface area contributed by atoms with Crippen LogP contribution >= 0.6 is 23.4 Å². The summed E-state index contributed by atoms with van der Waals surface area (Å²) in [4.78, 5) is 20.1. The van der Waals surface area contributed by atoms with Gasteiger partial charge in [0.2, 0.25) is 0 Å². The monoisotopic (exact) mass is 434 g/mol. The van der Waals surface area contributed by atoms with Crippen molar-refractivity contribution in [3.8, 4) is 0 Å². The maximum atomic E-state index is 13.3.